The number of carbonyl (C=O) groups excluding carboxylic acids is 1. The summed E-state index contributed by atoms with van der Waals surface area (Å²) in [6.45, 7) is 3.72. The number of benzene rings is 1. The van der Waals surface area contributed by atoms with Crippen molar-refractivity contribution in [2.75, 3.05) is 13.7 Å². The third kappa shape index (κ3) is 3.89. The monoisotopic (exact) mass is 260 g/mol. The van der Waals surface area contributed by atoms with Gasteiger partial charge in [0.1, 0.15) is 12.9 Å². The Morgan fingerprint density at radius 3 is 2.79 bits per heavy atom. The molecular formula is C14H12O5. The minimum Gasteiger partial charge on any atom is -0.493 e. The average Bonchev–Trinajstić information content (AvgIpc) is 2.42. The number of aldehydes is 1. The predicted molar refractivity (Wildman–Crippen MR) is 68.6 cm³/mol. The van der Waals surface area contributed by atoms with Gasteiger partial charge in [-0.3, -0.25) is 4.79 Å². The quantitative estimate of drug-likeness (QED) is 0.493. The normalized spacial score (nSPS) is 8.89. The zero-order valence-corrected chi connectivity index (χ0v) is 10.3. The van der Waals surface area contributed by atoms with Crippen molar-refractivity contribution in [3.05, 3.63) is 35.9 Å². The minimum absolute atomic E-state index is 0.207. The summed E-state index contributed by atoms with van der Waals surface area (Å²) in [7, 11) is 1.42. The maximum Gasteiger partial charge on any atom is 0.382 e. The van der Waals surface area contributed by atoms with Gasteiger partial charge in [-0.25, -0.2) is 4.79 Å². The molecule has 1 aromatic carbocycles. The Labute approximate surface area is 110 Å². The second kappa shape index (κ2) is 6.87. The topological polar surface area (TPSA) is 72.8 Å². The number of hydrogen-bond donors (Lipinski definition) is 1. The van der Waals surface area contributed by atoms with Gasteiger partial charge in [-0.1, -0.05) is 18.6 Å². The highest BCUT2D eigenvalue weighted by atomic mass is 16.5. The third-order valence-corrected chi connectivity index (χ3v) is 2.08. The van der Waals surface area contributed by atoms with Crippen LogP contribution < -0.4 is 9.47 Å². The van der Waals surface area contributed by atoms with Crippen molar-refractivity contribution in [1.82, 2.24) is 0 Å². The number of hydrogen-bond acceptors (Lipinski definition) is 4. The summed E-state index contributed by atoms with van der Waals surface area (Å²) in [5, 5.41) is 8.56. The standard InChI is InChI=1S/C14H12O5/c1-3-6-19-14-11(4-5-13(16)17)7-10(9-15)8-12(14)18-2/h3,7-9H,1,6H2,2H3,(H,16,17). The van der Waals surface area contributed by atoms with Gasteiger partial charge in [-0.2, -0.15) is 0 Å². The largest absolute Gasteiger partial charge is 0.493 e. The fraction of sp³-hybridized carbons (Fsp3) is 0.143. The highest BCUT2D eigenvalue weighted by molar-refractivity contribution is 5.88. The van der Waals surface area contributed by atoms with Gasteiger partial charge in [0.05, 0.1) is 12.7 Å². The molecule has 0 spiro atoms. The number of rotatable bonds is 5. The van der Waals surface area contributed by atoms with E-state index in [4.69, 9.17) is 14.6 Å². The lowest BCUT2D eigenvalue weighted by Gasteiger charge is -2.12. The Hall–Kier alpha value is -2.74. The fourth-order valence-electron chi connectivity index (χ4n) is 1.35. The molecule has 0 saturated heterocycles. The van der Waals surface area contributed by atoms with Crippen molar-refractivity contribution in [2.45, 2.75) is 0 Å². The third-order valence-electron chi connectivity index (χ3n) is 2.08. The molecule has 0 amide bonds. The van der Waals surface area contributed by atoms with Crippen LogP contribution >= 0.6 is 0 Å². The first kappa shape index (κ1) is 14.3. The second-order valence-electron chi connectivity index (χ2n) is 3.37. The van der Waals surface area contributed by atoms with Crippen LogP contribution in [0.25, 0.3) is 0 Å². The van der Waals surface area contributed by atoms with Gasteiger partial charge < -0.3 is 14.6 Å². The number of carboxylic acid groups (broad SMARTS) is 1. The molecule has 0 aliphatic heterocycles. The van der Waals surface area contributed by atoms with Crippen molar-refractivity contribution in [2.24, 2.45) is 0 Å². The van der Waals surface area contributed by atoms with Crippen molar-refractivity contribution < 1.29 is 24.2 Å². The van der Waals surface area contributed by atoms with Gasteiger partial charge in [0.25, 0.3) is 0 Å². The molecule has 1 rings (SSSR count). The molecule has 98 valence electrons. The van der Waals surface area contributed by atoms with E-state index in [0.29, 0.717) is 17.6 Å². The zero-order chi connectivity index (χ0) is 14.3. The van der Waals surface area contributed by atoms with Crippen LogP contribution in [0.4, 0.5) is 0 Å². The number of ether oxygens (including phenoxy) is 2. The van der Waals surface area contributed by atoms with Crippen LogP contribution in [0.1, 0.15) is 15.9 Å². The smallest absolute Gasteiger partial charge is 0.382 e. The Balaban J connectivity index is 3.37. The number of aliphatic carboxylic acids is 1. The lowest BCUT2D eigenvalue weighted by Crippen LogP contribution is -2.00. The molecule has 0 radical (unpaired) electrons. The number of carbonyl (C=O) groups is 2. The molecule has 5 nitrogen and oxygen atoms in total. The summed E-state index contributed by atoms with van der Waals surface area (Å²) in [5.74, 6) is 3.71. The Bertz CT molecular complexity index is 563. The molecule has 0 heterocycles. The van der Waals surface area contributed by atoms with E-state index in [1.165, 1.54) is 25.3 Å². The van der Waals surface area contributed by atoms with Crippen LogP contribution in [0.2, 0.25) is 0 Å². The molecule has 1 N–H and O–H groups in total. The van der Waals surface area contributed by atoms with Crippen molar-refractivity contribution in [3.8, 4) is 23.3 Å². The van der Waals surface area contributed by atoms with E-state index in [1.807, 2.05) is 5.92 Å². The highest BCUT2D eigenvalue weighted by Gasteiger charge is 2.12. The van der Waals surface area contributed by atoms with E-state index in [9.17, 15) is 9.59 Å². The fourth-order valence-corrected chi connectivity index (χ4v) is 1.35. The summed E-state index contributed by atoms with van der Waals surface area (Å²) in [4.78, 5) is 21.3. The van der Waals surface area contributed by atoms with Crippen LogP contribution in [0, 0.1) is 11.8 Å². The van der Waals surface area contributed by atoms with Gasteiger partial charge in [0.2, 0.25) is 0 Å². The summed E-state index contributed by atoms with van der Waals surface area (Å²) in [6.07, 6.45) is 2.15. The van der Waals surface area contributed by atoms with Crippen molar-refractivity contribution in [3.63, 3.8) is 0 Å². The summed E-state index contributed by atoms with van der Waals surface area (Å²) in [5.41, 5.74) is 0.586. The van der Waals surface area contributed by atoms with E-state index in [0.717, 1.165) is 0 Å². The second-order valence-corrected chi connectivity index (χ2v) is 3.37. The molecule has 0 bridgehead atoms. The van der Waals surface area contributed by atoms with Crippen LogP contribution in [0.5, 0.6) is 11.5 Å². The maximum atomic E-state index is 10.8. The maximum absolute atomic E-state index is 10.8. The molecule has 0 unspecified atom stereocenters. The van der Waals surface area contributed by atoms with E-state index >= 15 is 0 Å². The molecule has 1 aromatic rings. The number of carboxylic acids is 1. The van der Waals surface area contributed by atoms with Gasteiger partial charge >= 0.3 is 5.97 Å². The Morgan fingerprint density at radius 1 is 1.53 bits per heavy atom. The van der Waals surface area contributed by atoms with Crippen molar-refractivity contribution in [1.29, 1.82) is 0 Å². The highest BCUT2D eigenvalue weighted by Crippen LogP contribution is 2.32. The Morgan fingerprint density at radius 2 is 2.26 bits per heavy atom. The first-order valence-electron chi connectivity index (χ1n) is 5.28. The molecule has 0 aliphatic rings. The molecule has 0 saturated carbocycles. The lowest BCUT2D eigenvalue weighted by atomic mass is 10.1. The Kier molecular flexibility index (Phi) is 5.17. The van der Waals surface area contributed by atoms with Gasteiger partial charge in [-0.15, -0.1) is 0 Å². The molecule has 0 aromatic heterocycles. The van der Waals surface area contributed by atoms with E-state index in [1.54, 1.807) is 0 Å². The lowest BCUT2D eigenvalue weighted by molar-refractivity contribution is -0.130. The summed E-state index contributed by atoms with van der Waals surface area (Å²) < 4.78 is 10.5. The SMILES string of the molecule is C=CCOc1c(C#CC(=O)O)cc(C=O)cc1OC. The van der Waals surface area contributed by atoms with Crippen LogP contribution in [0.3, 0.4) is 0 Å². The van der Waals surface area contributed by atoms with Gasteiger partial charge in [0.15, 0.2) is 11.5 Å². The molecule has 19 heavy (non-hydrogen) atoms. The van der Waals surface area contributed by atoms with Crippen molar-refractivity contribution >= 4 is 12.3 Å². The van der Waals surface area contributed by atoms with Crippen LogP contribution in [-0.4, -0.2) is 31.1 Å². The summed E-state index contributed by atoms with van der Waals surface area (Å²) >= 11 is 0. The van der Waals surface area contributed by atoms with Gasteiger partial charge in [0, 0.05) is 11.5 Å². The van der Waals surface area contributed by atoms with E-state index < -0.39 is 5.97 Å². The van der Waals surface area contributed by atoms with E-state index in [-0.39, 0.29) is 17.9 Å². The summed E-state index contributed by atoms with van der Waals surface area (Å²) in [6, 6.07) is 2.92. The molecular weight excluding hydrogens is 248 g/mol. The average molecular weight is 260 g/mol. The van der Waals surface area contributed by atoms with Gasteiger partial charge in [-0.05, 0) is 12.1 Å². The first-order chi connectivity index (χ1) is 9.12. The molecule has 0 atom stereocenters. The van der Waals surface area contributed by atoms with E-state index in [2.05, 4.69) is 12.5 Å². The first-order valence-corrected chi connectivity index (χ1v) is 5.28. The molecule has 5 heteroatoms. The molecule has 0 aliphatic carbocycles. The van der Waals surface area contributed by atoms with Crippen LogP contribution in [0.15, 0.2) is 24.8 Å². The number of methoxy groups -OCH3 is 1. The zero-order valence-electron chi connectivity index (χ0n) is 10.3. The molecule has 0 fully saturated rings. The van der Waals surface area contributed by atoms with Crippen LogP contribution in [-0.2, 0) is 4.79 Å². The minimum atomic E-state index is -1.27. The predicted octanol–water partition coefficient (Wildman–Crippen LogP) is 1.51.